The normalized spacial score (nSPS) is 17.7. The van der Waals surface area contributed by atoms with Gasteiger partial charge >= 0.3 is 0 Å². The summed E-state index contributed by atoms with van der Waals surface area (Å²) < 4.78 is 5.74. The molecule has 144 valence electrons. The Morgan fingerprint density at radius 2 is 2.15 bits per heavy atom. The number of nitrogens with zero attached hydrogens (tertiary/aromatic N) is 1. The molecular weight excluding hydrogens is 342 g/mol. The Morgan fingerprint density at radius 3 is 2.74 bits per heavy atom. The molecule has 0 aromatic carbocycles. The van der Waals surface area contributed by atoms with Gasteiger partial charge in [0.25, 0.3) is 0 Å². The van der Waals surface area contributed by atoms with Gasteiger partial charge in [-0.3, -0.25) is 10.2 Å². The molecule has 1 aromatic heterocycles. The number of Topliss-reactive ketones (excluding diaryl/α,β-unsaturated/α-hetero) is 1. The summed E-state index contributed by atoms with van der Waals surface area (Å²) in [6.07, 6.45) is 7.04. The number of ether oxygens (including phenoxy) is 1. The zero-order valence-electron chi connectivity index (χ0n) is 15.9. The number of nitrogen functional groups attached to an aromatic ring is 1. The highest BCUT2D eigenvalue weighted by atomic mass is 16.5. The van der Waals surface area contributed by atoms with Gasteiger partial charge in [0.05, 0.1) is 17.9 Å². The van der Waals surface area contributed by atoms with Crippen molar-refractivity contribution in [2.45, 2.75) is 45.6 Å². The van der Waals surface area contributed by atoms with E-state index in [4.69, 9.17) is 21.6 Å². The number of carbonyl (C=O) groups excluding carboxylic acids is 1. The Kier molecular flexibility index (Phi) is 5.48. The molecule has 0 atom stereocenters. The molecule has 2 heterocycles. The lowest BCUT2D eigenvalue weighted by atomic mass is 9.95. The molecule has 3 rings (SSSR count). The van der Waals surface area contributed by atoms with Crippen LogP contribution in [0, 0.1) is 5.92 Å². The minimum atomic E-state index is -0.00979. The Labute approximate surface area is 159 Å². The summed E-state index contributed by atoms with van der Waals surface area (Å²) in [6, 6.07) is 1.96. The summed E-state index contributed by atoms with van der Waals surface area (Å²) in [5, 5.41) is 9.72. The Bertz CT molecular complexity index is 822. The molecule has 1 aliphatic heterocycles. The van der Waals surface area contributed by atoms with Gasteiger partial charge in [0.1, 0.15) is 22.8 Å². The molecule has 2 aliphatic rings. The number of nitrogens with two attached hydrogens (primary N) is 3. The number of allylic oxidation sites excluding steroid dienone is 3. The van der Waals surface area contributed by atoms with E-state index < -0.39 is 0 Å². The lowest BCUT2D eigenvalue weighted by Gasteiger charge is -2.19. The molecule has 0 spiro atoms. The Hall–Kier alpha value is -2.83. The standard InChI is InChI=1S/C20H27N5O2/c1-11(2)25-13-8-9-24-20(23)15(13)17(21)18(22)16(19(26)12-6-7-12)14-5-3-4-10-27-14/h5,8-9,11-12,21H,3-4,6-7,10,22H2,1-2H3,(H3,23,24,25)/p+1. The monoisotopic (exact) mass is 370 g/mol. The van der Waals surface area contributed by atoms with Gasteiger partial charge in [0.15, 0.2) is 5.78 Å². The van der Waals surface area contributed by atoms with Crippen molar-refractivity contribution in [3.8, 4) is 0 Å². The fourth-order valence-corrected chi connectivity index (χ4v) is 3.13. The van der Waals surface area contributed by atoms with Gasteiger partial charge in [0.2, 0.25) is 5.71 Å². The SMILES string of the molecule is CC(C)Nc1ccnc(N)c1C(=[NH2+])C(N)=C(C(=O)C1CC1)C1=CCCCO1. The summed E-state index contributed by atoms with van der Waals surface area (Å²) in [5.74, 6) is 0.777. The first-order valence-corrected chi connectivity index (χ1v) is 9.41. The number of ketones is 1. The third-order valence-electron chi connectivity index (χ3n) is 4.63. The van der Waals surface area contributed by atoms with Crippen molar-refractivity contribution < 1.29 is 14.9 Å². The number of hydrogen-bond donors (Lipinski definition) is 4. The topological polar surface area (TPSA) is 129 Å². The van der Waals surface area contributed by atoms with Crippen LogP contribution in [0.3, 0.4) is 0 Å². The van der Waals surface area contributed by atoms with Crippen LogP contribution in [0.1, 0.15) is 45.1 Å². The molecule has 0 unspecified atom stereocenters. The van der Waals surface area contributed by atoms with E-state index >= 15 is 0 Å². The number of anilines is 2. The molecule has 1 aromatic rings. The average Bonchev–Trinajstić information content (AvgIpc) is 3.47. The predicted molar refractivity (Wildman–Crippen MR) is 106 cm³/mol. The maximum absolute atomic E-state index is 12.9. The molecule has 7 nitrogen and oxygen atoms in total. The van der Waals surface area contributed by atoms with E-state index in [0.717, 1.165) is 31.4 Å². The highest BCUT2D eigenvalue weighted by molar-refractivity contribution is 6.19. The number of hydrogen-bond acceptors (Lipinski definition) is 6. The second kappa shape index (κ2) is 7.82. The molecule has 0 amide bonds. The van der Waals surface area contributed by atoms with Crippen molar-refractivity contribution in [1.29, 1.82) is 0 Å². The van der Waals surface area contributed by atoms with E-state index in [0.29, 0.717) is 23.5 Å². The quantitative estimate of drug-likeness (QED) is 0.417. The molecule has 27 heavy (non-hydrogen) atoms. The van der Waals surface area contributed by atoms with Crippen molar-refractivity contribution in [3.63, 3.8) is 0 Å². The van der Waals surface area contributed by atoms with Gasteiger partial charge in [0, 0.05) is 18.2 Å². The summed E-state index contributed by atoms with van der Waals surface area (Å²) in [4.78, 5) is 17.1. The maximum Gasteiger partial charge on any atom is 0.233 e. The van der Waals surface area contributed by atoms with E-state index in [1.807, 2.05) is 19.9 Å². The van der Waals surface area contributed by atoms with Gasteiger partial charge in [-0.05, 0) is 51.7 Å². The van der Waals surface area contributed by atoms with E-state index in [9.17, 15) is 4.79 Å². The number of aromatic nitrogens is 1. The minimum Gasteiger partial charge on any atom is -0.493 e. The predicted octanol–water partition coefficient (Wildman–Crippen LogP) is 0.919. The van der Waals surface area contributed by atoms with Crippen molar-refractivity contribution in [2.75, 3.05) is 17.7 Å². The summed E-state index contributed by atoms with van der Waals surface area (Å²) in [5.41, 5.74) is 14.6. The van der Waals surface area contributed by atoms with Crippen LogP contribution in [0.4, 0.5) is 11.5 Å². The minimum absolute atomic E-state index is 0.00252. The molecule has 0 radical (unpaired) electrons. The Balaban J connectivity index is 2.07. The van der Waals surface area contributed by atoms with Crippen LogP contribution in [-0.4, -0.2) is 29.1 Å². The first-order chi connectivity index (χ1) is 12.9. The fraction of sp³-hybridized carbons (Fsp3) is 0.450. The van der Waals surface area contributed by atoms with Gasteiger partial charge in [-0.25, -0.2) is 4.98 Å². The van der Waals surface area contributed by atoms with Crippen molar-refractivity contribution in [3.05, 3.63) is 40.9 Å². The lowest BCUT2D eigenvalue weighted by Crippen LogP contribution is -2.45. The number of pyridine rings is 1. The second-order valence-electron chi connectivity index (χ2n) is 7.32. The van der Waals surface area contributed by atoms with Crippen LogP contribution in [0.5, 0.6) is 0 Å². The number of nitrogens with one attached hydrogen (secondary N) is 1. The number of carbonyl (C=O) groups is 1. The van der Waals surface area contributed by atoms with E-state index in [1.165, 1.54) is 0 Å². The second-order valence-corrected chi connectivity index (χ2v) is 7.32. The van der Waals surface area contributed by atoms with Gasteiger partial charge in [-0.2, -0.15) is 0 Å². The third-order valence-corrected chi connectivity index (χ3v) is 4.63. The molecular formula is C20H28N5O2+. The van der Waals surface area contributed by atoms with Crippen LogP contribution < -0.4 is 22.2 Å². The zero-order chi connectivity index (χ0) is 19.6. The molecule has 1 saturated carbocycles. The maximum atomic E-state index is 12.9. The first-order valence-electron chi connectivity index (χ1n) is 9.41. The van der Waals surface area contributed by atoms with E-state index in [2.05, 4.69) is 10.3 Å². The van der Waals surface area contributed by atoms with E-state index in [-0.39, 0.29) is 35.0 Å². The van der Waals surface area contributed by atoms with Crippen LogP contribution in [0.25, 0.3) is 0 Å². The fourth-order valence-electron chi connectivity index (χ4n) is 3.13. The summed E-state index contributed by atoms with van der Waals surface area (Å²) in [6.45, 7) is 4.59. The third kappa shape index (κ3) is 4.13. The van der Waals surface area contributed by atoms with Crippen molar-refractivity contribution >= 4 is 23.0 Å². The molecule has 1 fully saturated rings. The van der Waals surface area contributed by atoms with E-state index in [1.54, 1.807) is 12.3 Å². The molecule has 1 aliphatic carbocycles. The molecule has 0 saturated heterocycles. The highest BCUT2D eigenvalue weighted by Crippen LogP contribution is 2.36. The smallest absolute Gasteiger partial charge is 0.233 e. The van der Waals surface area contributed by atoms with Gasteiger partial charge < -0.3 is 21.5 Å². The van der Waals surface area contributed by atoms with Crippen LogP contribution in [0.15, 0.2) is 35.4 Å². The lowest BCUT2D eigenvalue weighted by molar-refractivity contribution is -0.118. The summed E-state index contributed by atoms with van der Waals surface area (Å²) in [7, 11) is 0. The highest BCUT2D eigenvalue weighted by Gasteiger charge is 2.37. The average molecular weight is 370 g/mol. The largest absolute Gasteiger partial charge is 0.493 e. The van der Waals surface area contributed by atoms with Crippen LogP contribution in [0.2, 0.25) is 0 Å². The zero-order valence-corrected chi connectivity index (χ0v) is 15.9. The molecule has 0 bridgehead atoms. The first kappa shape index (κ1) is 18.9. The Morgan fingerprint density at radius 1 is 1.41 bits per heavy atom. The van der Waals surface area contributed by atoms with Crippen LogP contribution >= 0.6 is 0 Å². The van der Waals surface area contributed by atoms with Gasteiger partial charge in [-0.15, -0.1) is 0 Å². The van der Waals surface area contributed by atoms with Crippen molar-refractivity contribution in [1.82, 2.24) is 4.98 Å². The van der Waals surface area contributed by atoms with Crippen molar-refractivity contribution in [2.24, 2.45) is 11.7 Å². The van der Waals surface area contributed by atoms with Gasteiger partial charge in [-0.1, -0.05) is 0 Å². The number of rotatable bonds is 7. The molecule has 7 N–H and O–H groups in total. The van der Waals surface area contributed by atoms with Crippen LogP contribution in [-0.2, 0) is 9.53 Å². The summed E-state index contributed by atoms with van der Waals surface area (Å²) >= 11 is 0. The molecule has 7 heteroatoms.